The zero-order chi connectivity index (χ0) is 41.4. The average molecular weight is 825 g/mol. The van der Waals surface area contributed by atoms with Crippen molar-refractivity contribution in [3.8, 4) is 22.6 Å². The van der Waals surface area contributed by atoms with Crippen LogP contribution in [0.2, 0.25) is 0 Å². The second kappa shape index (κ2) is 17.3. The number of carbonyl (C=O) groups is 3. The summed E-state index contributed by atoms with van der Waals surface area (Å²) in [5.41, 5.74) is 7.59. The Morgan fingerprint density at radius 2 is 1.58 bits per heavy atom. The van der Waals surface area contributed by atoms with Crippen molar-refractivity contribution in [2.75, 3.05) is 78.5 Å². The molecule has 5 aliphatic heterocycles. The van der Waals surface area contributed by atoms with Crippen molar-refractivity contribution in [1.29, 1.82) is 0 Å². The number of thiocarbonyl (C=S) groups is 1. The van der Waals surface area contributed by atoms with Crippen molar-refractivity contribution < 1.29 is 23.9 Å². The molecule has 15 heteroatoms. The lowest BCUT2D eigenvalue weighted by atomic mass is 9.91. The number of carbonyl (C=O) groups excluding carboxylic acids is 3. The monoisotopic (exact) mass is 824 g/mol. The maximum absolute atomic E-state index is 13.3. The van der Waals surface area contributed by atoms with Crippen molar-refractivity contribution in [2.24, 2.45) is 13.0 Å². The van der Waals surface area contributed by atoms with Crippen molar-refractivity contribution in [3.63, 3.8) is 0 Å². The van der Waals surface area contributed by atoms with Gasteiger partial charge in [-0.1, -0.05) is 0 Å². The smallest absolute Gasteiger partial charge is 0.255 e. The molecule has 2 aromatic carbocycles. The lowest BCUT2D eigenvalue weighted by Gasteiger charge is -2.38. The summed E-state index contributed by atoms with van der Waals surface area (Å²) in [6.07, 6.45) is 6.78. The summed E-state index contributed by atoms with van der Waals surface area (Å²) in [5.74, 6) is 1.48. The molecule has 314 valence electrons. The summed E-state index contributed by atoms with van der Waals surface area (Å²) in [5, 5.41) is 6.08. The molecule has 3 saturated heterocycles. The van der Waals surface area contributed by atoms with Gasteiger partial charge in [0.15, 0.2) is 5.11 Å². The molecule has 5 aliphatic rings. The third-order valence-corrected chi connectivity index (χ3v) is 13.6. The largest absolute Gasteiger partial charge is 0.496 e. The lowest BCUT2D eigenvalue weighted by Crippen LogP contribution is -2.52. The molecule has 14 nitrogen and oxygen atoms in total. The van der Waals surface area contributed by atoms with Gasteiger partial charge in [-0.15, -0.1) is 0 Å². The number of methoxy groups -OCH3 is 2. The van der Waals surface area contributed by atoms with Crippen molar-refractivity contribution in [3.05, 3.63) is 74.7 Å². The fraction of sp³-hybridized carbons (Fsp3) is 0.523. The predicted molar refractivity (Wildman–Crippen MR) is 230 cm³/mol. The summed E-state index contributed by atoms with van der Waals surface area (Å²) in [6.45, 7) is 9.35. The predicted octanol–water partition coefficient (Wildman–Crippen LogP) is 3.12. The Hall–Kier alpha value is -4.99. The Labute approximate surface area is 351 Å². The minimum absolute atomic E-state index is 0.00367. The maximum atomic E-state index is 13.3. The van der Waals surface area contributed by atoms with E-state index in [0.29, 0.717) is 36.1 Å². The minimum atomic E-state index is -0.597. The topological polar surface area (TPSA) is 132 Å². The highest BCUT2D eigenvalue weighted by Crippen LogP contribution is 2.39. The zero-order valence-corrected chi connectivity index (χ0v) is 35.5. The summed E-state index contributed by atoms with van der Waals surface area (Å²) in [4.78, 5) is 61.7. The molecule has 0 bridgehead atoms. The Bertz CT molecular complexity index is 2170. The van der Waals surface area contributed by atoms with Crippen LogP contribution in [-0.4, -0.2) is 127 Å². The van der Waals surface area contributed by atoms with E-state index in [9.17, 15) is 19.2 Å². The fourth-order valence-electron chi connectivity index (χ4n) is 9.68. The number of pyridine rings is 1. The van der Waals surface area contributed by atoms with E-state index < -0.39 is 6.04 Å². The summed E-state index contributed by atoms with van der Waals surface area (Å²) in [6, 6.07) is 9.63. The van der Waals surface area contributed by atoms with E-state index in [-0.39, 0.29) is 29.7 Å². The second-order valence-corrected chi connectivity index (χ2v) is 17.0. The molecule has 8 rings (SSSR count). The van der Waals surface area contributed by atoms with Crippen molar-refractivity contribution in [1.82, 2.24) is 34.8 Å². The number of nitrogens with one attached hydrogen (secondary N) is 2. The zero-order valence-electron chi connectivity index (χ0n) is 34.7. The summed E-state index contributed by atoms with van der Waals surface area (Å²) >= 11 is 5.50. The number of likely N-dealkylation sites (tertiary alicyclic amines) is 1. The van der Waals surface area contributed by atoms with Crippen LogP contribution in [0.15, 0.2) is 41.3 Å². The van der Waals surface area contributed by atoms with Crippen LogP contribution in [0.5, 0.6) is 11.5 Å². The molecule has 6 heterocycles. The first-order chi connectivity index (χ1) is 28.5. The van der Waals surface area contributed by atoms with E-state index in [4.69, 9.17) is 21.7 Å². The van der Waals surface area contributed by atoms with Gasteiger partial charge >= 0.3 is 0 Å². The molecule has 0 spiro atoms. The van der Waals surface area contributed by atoms with Crippen LogP contribution < -0.4 is 30.6 Å². The van der Waals surface area contributed by atoms with Gasteiger partial charge in [-0.25, -0.2) is 0 Å². The number of hydrogen-bond acceptors (Lipinski definition) is 10. The second-order valence-electron chi connectivity index (χ2n) is 16.6. The Kier molecular flexibility index (Phi) is 12.0. The molecule has 1 aromatic heterocycles. The van der Waals surface area contributed by atoms with Gasteiger partial charge in [-0.3, -0.25) is 34.3 Å². The summed E-state index contributed by atoms with van der Waals surface area (Å²) in [7, 11) is 7.05. The van der Waals surface area contributed by atoms with Crippen LogP contribution in [0, 0.1) is 5.92 Å². The number of hydrogen-bond donors (Lipinski definition) is 2. The van der Waals surface area contributed by atoms with Crippen LogP contribution in [0.25, 0.3) is 11.1 Å². The van der Waals surface area contributed by atoms with Crippen molar-refractivity contribution >= 4 is 40.7 Å². The van der Waals surface area contributed by atoms with Crippen LogP contribution >= 0.6 is 12.2 Å². The molecule has 0 radical (unpaired) electrons. The van der Waals surface area contributed by atoms with E-state index in [1.807, 2.05) is 30.3 Å². The average Bonchev–Trinajstić information content (AvgIpc) is 3.58. The number of piperazine rings is 1. The van der Waals surface area contributed by atoms with Gasteiger partial charge in [0.1, 0.15) is 17.5 Å². The number of ether oxygens (including phenoxy) is 2. The number of imide groups is 1. The molecule has 0 aliphatic carbocycles. The number of nitrogens with zero attached hydrogens (tertiary/aromatic N) is 6. The number of piperidine rings is 2. The van der Waals surface area contributed by atoms with Gasteiger partial charge in [0, 0.05) is 94.9 Å². The number of benzene rings is 2. The molecule has 3 amide bonds. The summed E-state index contributed by atoms with van der Waals surface area (Å²) < 4.78 is 13.7. The van der Waals surface area contributed by atoms with E-state index in [0.717, 1.165) is 129 Å². The highest BCUT2D eigenvalue weighted by Gasteiger charge is 2.39. The first kappa shape index (κ1) is 40.8. The van der Waals surface area contributed by atoms with Crippen LogP contribution in [-0.2, 0) is 42.7 Å². The standard InChI is InChI=1S/C44H56N8O6S/c1-45-44(59)51-16-12-33-34(25-47(2)42(55)35(33)27-51)29-22-38(57-3)36(39(23-29)58-4)26-49-14-10-28(11-15-49)9-13-48-17-19-50(20-18-48)31-5-6-32-30(21-31)24-52(43(32)56)37-7-8-40(53)46-41(37)54/h5-6,21-23,25,28,37H,7-20,24,26-27H2,1-4H3,(H,45,59)(H,46,53,54). The Morgan fingerprint density at radius 1 is 0.847 bits per heavy atom. The number of anilines is 1. The molecule has 1 atom stereocenters. The third-order valence-electron chi connectivity index (χ3n) is 13.2. The van der Waals surface area contributed by atoms with E-state index >= 15 is 0 Å². The van der Waals surface area contributed by atoms with Gasteiger partial charge in [-0.2, -0.15) is 0 Å². The van der Waals surface area contributed by atoms with Gasteiger partial charge < -0.3 is 34.1 Å². The Morgan fingerprint density at radius 3 is 2.25 bits per heavy atom. The molecule has 2 N–H and O–H groups in total. The molecule has 59 heavy (non-hydrogen) atoms. The van der Waals surface area contributed by atoms with Crippen molar-refractivity contribution in [2.45, 2.75) is 64.2 Å². The fourth-order valence-corrected chi connectivity index (χ4v) is 9.84. The lowest BCUT2D eigenvalue weighted by molar-refractivity contribution is -0.136. The third kappa shape index (κ3) is 8.29. The quantitative estimate of drug-likeness (QED) is 0.230. The molecule has 0 saturated carbocycles. The van der Waals surface area contributed by atoms with Gasteiger partial charge in [0.2, 0.25) is 11.8 Å². The molecular weight excluding hydrogens is 769 g/mol. The van der Waals surface area contributed by atoms with Crippen LogP contribution in [0.1, 0.15) is 64.7 Å². The number of aromatic nitrogens is 1. The Balaban J connectivity index is 0.831. The number of fused-ring (bicyclic) bond motifs is 2. The first-order valence-electron chi connectivity index (χ1n) is 21.0. The molecule has 3 aromatic rings. The normalized spacial score (nSPS) is 20.4. The van der Waals surface area contributed by atoms with Gasteiger partial charge in [0.05, 0.1) is 26.3 Å². The SMILES string of the molecule is CNC(=S)N1CCc2c(-c3cc(OC)c(CN4CCC(CCN5CCN(c6ccc7c(c6)CN(C6CCC(=O)NC6=O)C7=O)CC5)CC4)c(OC)c3)cn(C)c(=O)c2C1. The van der Waals surface area contributed by atoms with Crippen LogP contribution in [0.4, 0.5) is 5.69 Å². The number of aryl methyl sites for hydroxylation is 1. The maximum Gasteiger partial charge on any atom is 0.255 e. The molecular formula is C44H56N8O6S. The van der Waals surface area contributed by atoms with E-state index in [1.54, 1.807) is 30.7 Å². The van der Waals surface area contributed by atoms with Gasteiger partial charge in [-0.05, 0) is 117 Å². The highest BCUT2D eigenvalue weighted by molar-refractivity contribution is 7.80. The minimum Gasteiger partial charge on any atom is -0.496 e. The number of rotatable bonds is 10. The molecule has 3 fully saturated rings. The highest BCUT2D eigenvalue weighted by atomic mass is 32.1. The number of amides is 3. The molecule has 1 unspecified atom stereocenters. The van der Waals surface area contributed by atoms with E-state index in [1.165, 1.54) is 6.42 Å². The van der Waals surface area contributed by atoms with E-state index in [2.05, 4.69) is 43.5 Å². The van der Waals surface area contributed by atoms with Crippen LogP contribution in [0.3, 0.4) is 0 Å². The first-order valence-corrected chi connectivity index (χ1v) is 21.4. The van der Waals surface area contributed by atoms with Gasteiger partial charge in [0.25, 0.3) is 11.5 Å².